The fourth-order valence-corrected chi connectivity index (χ4v) is 3.64. The predicted molar refractivity (Wildman–Crippen MR) is 72.7 cm³/mol. The Labute approximate surface area is 106 Å². The van der Waals surface area contributed by atoms with E-state index >= 15 is 0 Å². The van der Waals surface area contributed by atoms with Crippen molar-refractivity contribution in [2.45, 2.75) is 64.8 Å². The lowest BCUT2D eigenvalue weighted by atomic mass is 9.70. The van der Waals surface area contributed by atoms with Crippen molar-refractivity contribution in [2.24, 2.45) is 11.1 Å². The average molecular weight is 261 g/mol. The summed E-state index contributed by atoms with van der Waals surface area (Å²) in [5, 5.41) is 0. The molecule has 2 N–H and O–H groups in total. The summed E-state index contributed by atoms with van der Waals surface area (Å²) in [6.07, 6.45) is 7.84. The summed E-state index contributed by atoms with van der Waals surface area (Å²) in [5.41, 5.74) is 6.50. The van der Waals surface area contributed by atoms with Gasteiger partial charge in [0.25, 0.3) is 0 Å². The zero-order chi connectivity index (χ0) is 12.9. The number of nitrogens with two attached hydrogens (primary N) is 1. The average Bonchev–Trinajstić information content (AvgIpc) is 2.29. The molecule has 1 atom stereocenters. The zero-order valence-corrected chi connectivity index (χ0v) is 12.1. The van der Waals surface area contributed by atoms with Gasteiger partial charge < -0.3 is 5.73 Å². The quantitative estimate of drug-likeness (QED) is 0.799. The minimum absolute atomic E-state index is 0.162. The van der Waals surface area contributed by atoms with Crippen molar-refractivity contribution in [1.29, 1.82) is 0 Å². The maximum absolute atomic E-state index is 11.4. The molecule has 1 aliphatic carbocycles. The Morgan fingerprint density at radius 1 is 1.24 bits per heavy atom. The summed E-state index contributed by atoms with van der Waals surface area (Å²) in [4.78, 5) is 0. The molecule has 0 saturated heterocycles. The number of hydrogen-bond donors (Lipinski definition) is 1. The maximum atomic E-state index is 11.4. The van der Waals surface area contributed by atoms with Gasteiger partial charge in [-0.15, -0.1) is 0 Å². The molecule has 17 heavy (non-hydrogen) atoms. The molecule has 1 unspecified atom stereocenters. The van der Waals surface area contributed by atoms with Crippen LogP contribution in [-0.4, -0.2) is 26.0 Å². The molecule has 1 rings (SSSR count). The van der Waals surface area contributed by atoms with E-state index in [1.165, 1.54) is 32.1 Å². The Bertz CT molecular complexity index is 318. The van der Waals surface area contributed by atoms with E-state index < -0.39 is 9.84 Å². The van der Waals surface area contributed by atoms with E-state index in [4.69, 9.17) is 5.73 Å². The van der Waals surface area contributed by atoms with Crippen LogP contribution in [0.15, 0.2) is 0 Å². The van der Waals surface area contributed by atoms with E-state index in [0.29, 0.717) is 12.2 Å². The summed E-state index contributed by atoms with van der Waals surface area (Å²) in [6, 6.07) is 0.162. The monoisotopic (exact) mass is 261 g/mol. The lowest BCUT2D eigenvalue weighted by Gasteiger charge is -2.39. The molecule has 0 aromatic heterocycles. The van der Waals surface area contributed by atoms with Crippen LogP contribution in [0.3, 0.4) is 0 Å². The van der Waals surface area contributed by atoms with E-state index in [-0.39, 0.29) is 17.2 Å². The third-order valence-corrected chi connectivity index (χ3v) is 6.09. The van der Waals surface area contributed by atoms with Crippen LogP contribution in [0, 0.1) is 5.41 Å². The van der Waals surface area contributed by atoms with Gasteiger partial charge in [0, 0.05) is 11.8 Å². The highest BCUT2D eigenvalue weighted by Crippen LogP contribution is 2.39. The summed E-state index contributed by atoms with van der Waals surface area (Å²) < 4.78 is 22.8. The topological polar surface area (TPSA) is 60.2 Å². The highest BCUT2D eigenvalue weighted by atomic mass is 32.2. The van der Waals surface area contributed by atoms with E-state index in [2.05, 4.69) is 6.92 Å². The molecule has 102 valence electrons. The van der Waals surface area contributed by atoms with Gasteiger partial charge in [-0.1, -0.05) is 33.1 Å². The Balaban J connectivity index is 2.36. The van der Waals surface area contributed by atoms with Crippen LogP contribution in [0.5, 0.6) is 0 Å². The fraction of sp³-hybridized carbons (Fsp3) is 1.00. The second kappa shape index (κ2) is 6.19. The first-order chi connectivity index (χ1) is 7.90. The lowest BCUT2D eigenvalue weighted by molar-refractivity contribution is 0.162. The molecule has 3 nitrogen and oxygen atoms in total. The highest BCUT2D eigenvalue weighted by molar-refractivity contribution is 7.91. The van der Waals surface area contributed by atoms with Crippen LogP contribution in [0.4, 0.5) is 0 Å². The molecular weight excluding hydrogens is 234 g/mol. The van der Waals surface area contributed by atoms with Crippen LogP contribution in [0.25, 0.3) is 0 Å². The van der Waals surface area contributed by atoms with Crippen molar-refractivity contribution in [3.8, 4) is 0 Å². The molecule has 4 heteroatoms. The largest absolute Gasteiger partial charge is 0.327 e. The highest BCUT2D eigenvalue weighted by Gasteiger charge is 2.32. The molecular formula is C13H27NO2S. The Kier molecular flexibility index (Phi) is 5.45. The molecule has 0 heterocycles. The van der Waals surface area contributed by atoms with Crippen LogP contribution in [-0.2, 0) is 9.84 Å². The Hall–Kier alpha value is -0.0900. The minimum atomic E-state index is -2.82. The van der Waals surface area contributed by atoms with Crippen LogP contribution in [0.2, 0.25) is 0 Å². The van der Waals surface area contributed by atoms with Crippen molar-refractivity contribution in [3.63, 3.8) is 0 Å². The van der Waals surface area contributed by atoms with Gasteiger partial charge in [0.05, 0.1) is 5.75 Å². The van der Waals surface area contributed by atoms with E-state index in [0.717, 1.165) is 6.42 Å². The molecule has 0 aromatic carbocycles. The summed E-state index contributed by atoms with van der Waals surface area (Å²) in [7, 11) is -2.82. The smallest absolute Gasteiger partial charge is 0.150 e. The standard InChI is InChI=1S/C13H27NO2S/c1-3-17(15,16)11-7-8-12(14)13(2)9-5-4-6-10-13/h12H,3-11,14H2,1-2H3. The molecule has 0 aliphatic heterocycles. The van der Waals surface area contributed by atoms with Gasteiger partial charge in [-0.2, -0.15) is 0 Å². The van der Waals surface area contributed by atoms with Gasteiger partial charge >= 0.3 is 0 Å². The van der Waals surface area contributed by atoms with Crippen molar-refractivity contribution in [3.05, 3.63) is 0 Å². The SMILES string of the molecule is CCS(=O)(=O)CCCC(N)C1(C)CCCCC1. The molecule has 1 saturated carbocycles. The molecule has 1 aliphatic rings. The zero-order valence-electron chi connectivity index (χ0n) is 11.2. The molecule has 0 bridgehead atoms. The predicted octanol–water partition coefficient (Wildman–Crippen LogP) is 2.50. The number of sulfone groups is 1. The molecule has 0 spiro atoms. The van der Waals surface area contributed by atoms with Crippen molar-refractivity contribution in [2.75, 3.05) is 11.5 Å². The van der Waals surface area contributed by atoms with Crippen LogP contribution in [0.1, 0.15) is 58.8 Å². The van der Waals surface area contributed by atoms with Crippen molar-refractivity contribution in [1.82, 2.24) is 0 Å². The third kappa shape index (κ3) is 4.59. The Morgan fingerprint density at radius 3 is 2.35 bits per heavy atom. The van der Waals surface area contributed by atoms with Crippen molar-refractivity contribution < 1.29 is 8.42 Å². The first-order valence-corrected chi connectivity index (χ1v) is 8.68. The summed E-state index contributed by atoms with van der Waals surface area (Å²) in [5.74, 6) is 0.548. The Morgan fingerprint density at radius 2 is 1.82 bits per heavy atom. The molecule has 0 radical (unpaired) electrons. The number of hydrogen-bond acceptors (Lipinski definition) is 3. The van der Waals surface area contributed by atoms with Crippen LogP contribution >= 0.6 is 0 Å². The van der Waals surface area contributed by atoms with E-state index in [1.807, 2.05) is 0 Å². The second-order valence-corrected chi connectivity index (χ2v) is 8.17. The van der Waals surface area contributed by atoms with Crippen molar-refractivity contribution >= 4 is 9.84 Å². The van der Waals surface area contributed by atoms with Gasteiger partial charge in [-0.05, 0) is 31.1 Å². The van der Waals surface area contributed by atoms with Gasteiger partial charge in [0.1, 0.15) is 9.84 Å². The molecule has 0 amide bonds. The van der Waals surface area contributed by atoms with Crippen LogP contribution < -0.4 is 5.73 Å². The van der Waals surface area contributed by atoms with E-state index in [1.54, 1.807) is 6.92 Å². The van der Waals surface area contributed by atoms with Gasteiger partial charge in [-0.25, -0.2) is 8.42 Å². The summed E-state index contributed by atoms with van der Waals surface area (Å²) >= 11 is 0. The number of rotatable bonds is 6. The van der Waals surface area contributed by atoms with Gasteiger partial charge in [0.15, 0.2) is 0 Å². The van der Waals surface area contributed by atoms with Gasteiger partial charge in [0.2, 0.25) is 0 Å². The lowest BCUT2D eigenvalue weighted by Crippen LogP contribution is -2.41. The van der Waals surface area contributed by atoms with Gasteiger partial charge in [-0.3, -0.25) is 0 Å². The molecule has 1 fully saturated rings. The fourth-order valence-electron chi connectivity index (χ4n) is 2.75. The maximum Gasteiger partial charge on any atom is 0.150 e. The first kappa shape index (κ1) is 15.0. The summed E-state index contributed by atoms with van der Waals surface area (Å²) in [6.45, 7) is 3.98. The second-order valence-electron chi connectivity index (χ2n) is 5.70. The molecule has 0 aromatic rings. The van der Waals surface area contributed by atoms with E-state index in [9.17, 15) is 8.42 Å². The normalized spacial score (nSPS) is 22.3. The first-order valence-electron chi connectivity index (χ1n) is 6.86. The minimum Gasteiger partial charge on any atom is -0.327 e. The third-order valence-electron chi connectivity index (χ3n) is 4.30.